The average molecular weight is 326 g/mol. The molecule has 116 valence electrons. The molecule has 3 rings (SSSR count). The van der Waals surface area contributed by atoms with Crippen molar-refractivity contribution in [3.05, 3.63) is 47.7 Å². The van der Waals surface area contributed by atoms with Crippen LogP contribution in [-0.2, 0) is 0 Å². The second-order valence-corrected chi connectivity index (χ2v) is 5.60. The van der Waals surface area contributed by atoms with Gasteiger partial charge in [0.25, 0.3) is 0 Å². The Bertz CT molecular complexity index is 834. The molecule has 2 heterocycles. The summed E-state index contributed by atoms with van der Waals surface area (Å²) in [5.74, 6) is 0.926. The summed E-state index contributed by atoms with van der Waals surface area (Å²) in [7, 11) is 0. The van der Waals surface area contributed by atoms with E-state index in [1.54, 1.807) is 24.4 Å². The summed E-state index contributed by atoms with van der Waals surface area (Å²) in [6, 6.07) is 7.14. The number of benzene rings is 1. The van der Waals surface area contributed by atoms with Crippen LogP contribution in [0.4, 0.5) is 28.1 Å². The van der Waals surface area contributed by atoms with Crippen molar-refractivity contribution in [2.75, 3.05) is 16.4 Å². The van der Waals surface area contributed by atoms with Crippen molar-refractivity contribution in [3.8, 4) is 0 Å². The molecule has 0 atom stereocenters. The number of nitrogens with zero attached hydrogens (tertiary/aromatic N) is 3. The van der Waals surface area contributed by atoms with E-state index >= 15 is 0 Å². The number of nitrogen functional groups attached to an aromatic ring is 1. The van der Waals surface area contributed by atoms with Crippen molar-refractivity contribution < 1.29 is 4.79 Å². The van der Waals surface area contributed by atoms with Gasteiger partial charge >= 0.3 is 0 Å². The van der Waals surface area contributed by atoms with Crippen LogP contribution in [-0.4, -0.2) is 20.7 Å². The van der Waals surface area contributed by atoms with Gasteiger partial charge in [0.05, 0.1) is 0 Å². The van der Waals surface area contributed by atoms with Gasteiger partial charge in [0.1, 0.15) is 12.0 Å². The smallest absolute Gasteiger partial charge is 0.188 e. The molecule has 0 aliphatic carbocycles. The number of rotatable bonds is 5. The Morgan fingerprint density at radius 1 is 1.17 bits per heavy atom. The number of nitrogens with one attached hydrogen (secondary N) is 2. The average Bonchev–Trinajstić information content (AvgIpc) is 3.04. The zero-order valence-corrected chi connectivity index (χ0v) is 13.1. The maximum atomic E-state index is 11.5. The molecule has 0 unspecified atom stereocenters. The number of hydrogen-bond donors (Lipinski definition) is 3. The molecule has 0 radical (unpaired) electrons. The van der Waals surface area contributed by atoms with Crippen LogP contribution in [0, 0.1) is 0 Å². The molecule has 4 N–H and O–H groups in total. The van der Waals surface area contributed by atoms with E-state index in [4.69, 9.17) is 5.73 Å². The van der Waals surface area contributed by atoms with Crippen LogP contribution in [0.2, 0.25) is 0 Å². The van der Waals surface area contributed by atoms with Crippen molar-refractivity contribution in [2.24, 2.45) is 0 Å². The molecule has 0 spiro atoms. The third-order valence-corrected chi connectivity index (χ3v) is 3.76. The topological polar surface area (TPSA) is 106 Å². The third-order valence-electron chi connectivity index (χ3n) is 3.07. The van der Waals surface area contributed by atoms with Crippen LogP contribution in [0.3, 0.4) is 0 Å². The Morgan fingerprint density at radius 2 is 1.96 bits per heavy atom. The van der Waals surface area contributed by atoms with E-state index in [1.165, 1.54) is 24.6 Å². The lowest BCUT2D eigenvalue weighted by atomic mass is 10.1. The lowest BCUT2D eigenvalue weighted by Gasteiger charge is -2.11. The van der Waals surface area contributed by atoms with Gasteiger partial charge in [-0.2, -0.15) is 0 Å². The van der Waals surface area contributed by atoms with Crippen molar-refractivity contribution >= 4 is 45.3 Å². The molecule has 8 heteroatoms. The van der Waals surface area contributed by atoms with E-state index in [2.05, 4.69) is 25.6 Å². The Labute approximate surface area is 136 Å². The lowest BCUT2D eigenvalue weighted by Crippen LogP contribution is -2.05. The Kier molecular flexibility index (Phi) is 4.15. The first-order valence-electron chi connectivity index (χ1n) is 6.78. The van der Waals surface area contributed by atoms with Gasteiger partial charge in [0.2, 0.25) is 0 Å². The van der Waals surface area contributed by atoms with Crippen LogP contribution in [0.5, 0.6) is 0 Å². The second kappa shape index (κ2) is 6.41. The van der Waals surface area contributed by atoms with Crippen LogP contribution >= 0.6 is 11.3 Å². The third kappa shape index (κ3) is 3.43. The highest BCUT2D eigenvalue weighted by Gasteiger charge is 2.10. The fourth-order valence-electron chi connectivity index (χ4n) is 1.93. The summed E-state index contributed by atoms with van der Waals surface area (Å²) in [6.45, 7) is 1.52. The van der Waals surface area contributed by atoms with Crippen LogP contribution in [0.1, 0.15) is 17.3 Å². The number of Topliss-reactive ketones (excluding diaryl/α,β-unsaturated/α-hetero) is 1. The molecular formula is C15H14N6OS. The maximum absolute atomic E-state index is 11.5. The molecule has 23 heavy (non-hydrogen) atoms. The van der Waals surface area contributed by atoms with Crippen molar-refractivity contribution in [3.63, 3.8) is 0 Å². The predicted octanol–water partition coefficient (Wildman–Crippen LogP) is 3.21. The van der Waals surface area contributed by atoms with Gasteiger partial charge in [0, 0.05) is 22.8 Å². The van der Waals surface area contributed by atoms with Crippen molar-refractivity contribution in [2.45, 2.75) is 6.92 Å². The largest absolute Gasteiger partial charge is 0.393 e. The quantitative estimate of drug-likeness (QED) is 0.618. The number of hydrogen-bond acceptors (Lipinski definition) is 8. The van der Waals surface area contributed by atoms with Gasteiger partial charge in [-0.3, -0.25) is 4.79 Å². The standard InChI is InChI=1S/C15H14N6OS/c1-9(22)10-3-2-4-11(7-10)20-13-12(16)14(19-8-18-13)21-15-17-5-6-23-15/h2-8H,16H2,1H3,(H2,17,18,19,20,21). The summed E-state index contributed by atoms with van der Waals surface area (Å²) < 4.78 is 0. The zero-order chi connectivity index (χ0) is 16.2. The molecule has 3 aromatic rings. The van der Waals surface area contributed by atoms with Gasteiger partial charge in [0.15, 0.2) is 22.6 Å². The molecule has 0 saturated heterocycles. The van der Waals surface area contributed by atoms with Crippen LogP contribution in [0.25, 0.3) is 0 Å². The maximum Gasteiger partial charge on any atom is 0.188 e. The first-order valence-corrected chi connectivity index (χ1v) is 7.66. The van der Waals surface area contributed by atoms with Crippen LogP contribution < -0.4 is 16.4 Å². The van der Waals surface area contributed by atoms with Crippen LogP contribution in [0.15, 0.2) is 42.2 Å². The summed E-state index contributed by atoms with van der Waals surface area (Å²) in [5.41, 5.74) is 7.82. The minimum Gasteiger partial charge on any atom is -0.393 e. The normalized spacial score (nSPS) is 10.3. The van der Waals surface area contributed by atoms with Gasteiger partial charge in [-0.1, -0.05) is 12.1 Å². The first-order chi connectivity index (χ1) is 11.1. The van der Waals surface area contributed by atoms with E-state index < -0.39 is 0 Å². The Morgan fingerprint density at radius 3 is 2.65 bits per heavy atom. The number of carbonyl (C=O) groups excluding carboxylic acids is 1. The summed E-state index contributed by atoms with van der Waals surface area (Å²) in [5, 5.41) is 8.69. The van der Waals surface area contributed by atoms with E-state index in [1.807, 2.05) is 11.4 Å². The second-order valence-electron chi connectivity index (χ2n) is 4.71. The van der Waals surface area contributed by atoms with E-state index in [-0.39, 0.29) is 5.78 Å². The molecule has 0 aliphatic heterocycles. The zero-order valence-electron chi connectivity index (χ0n) is 12.3. The van der Waals surface area contributed by atoms with Crippen molar-refractivity contribution in [1.29, 1.82) is 0 Å². The SMILES string of the molecule is CC(=O)c1cccc(Nc2ncnc(Nc3nccs3)c2N)c1. The van der Waals surface area contributed by atoms with Gasteiger partial charge in [-0.25, -0.2) is 15.0 Å². The lowest BCUT2D eigenvalue weighted by molar-refractivity contribution is 0.101. The van der Waals surface area contributed by atoms with Gasteiger partial charge in [-0.15, -0.1) is 11.3 Å². The van der Waals surface area contributed by atoms with Gasteiger partial charge in [-0.05, 0) is 19.1 Å². The van der Waals surface area contributed by atoms with E-state index in [9.17, 15) is 4.79 Å². The number of nitrogens with two attached hydrogens (primary N) is 1. The fourth-order valence-corrected chi connectivity index (χ4v) is 2.46. The molecule has 2 aromatic heterocycles. The van der Waals surface area contributed by atoms with Crippen molar-refractivity contribution in [1.82, 2.24) is 15.0 Å². The molecule has 0 aliphatic rings. The fraction of sp³-hybridized carbons (Fsp3) is 0.0667. The van der Waals surface area contributed by atoms with E-state index in [0.29, 0.717) is 28.0 Å². The summed E-state index contributed by atoms with van der Waals surface area (Å²) >= 11 is 1.45. The highest BCUT2D eigenvalue weighted by Crippen LogP contribution is 2.28. The predicted molar refractivity (Wildman–Crippen MR) is 91.6 cm³/mol. The monoisotopic (exact) mass is 326 g/mol. The number of aromatic nitrogens is 3. The van der Waals surface area contributed by atoms with E-state index in [0.717, 1.165) is 5.69 Å². The minimum atomic E-state index is -0.00423. The highest BCUT2D eigenvalue weighted by molar-refractivity contribution is 7.13. The molecule has 0 saturated carbocycles. The first kappa shape index (κ1) is 14.9. The molecule has 0 amide bonds. The Hall–Kier alpha value is -3.00. The molecule has 1 aromatic carbocycles. The molecule has 0 fully saturated rings. The highest BCUT2D eigenvalue weighted by atomic mass is 32.1. The Balaban J connectivity index is 1.86. The summed E-state index contributed by atoms with van der Waals surface area (Å²) in [6.07, 6.45) is 3.10. The molecular weight excluding hydrogens is 312 g/mol. The number of ketones is 1. The summed E-state index contributed by atoms with van der Waals surface area (Å²) in [4.78, 5) is 23.9. The molecule has 7 nitrogen and oxygen atoms in total. The number of thiazole rings is 1. The minimum absolute atomic E-state index is 0.00423. The number of carbonyl (C=O) groups is 1. The van der Waals surface area contributed by atoms with Gasteiger partial charge < -0.3 is 16.4 Å². The molecule has 0 bridgehead atoms. The number of anilines is 5.